The maximum atomic E-state index is 13.6. The van der Waals surface area contributed by atoms with E-state index in [9.17, 15) is 4.39 Å². The van der Waals surface area contributed by atoms with Gasteiger partial charge >= 0.3 is 0 Å². The highest BCUT2D eigenvalue weighted by Gasteiger charge is 2.13. The van der Waals surface area contributed by atoms with Crippen molar-refractivity contribution in [2.24, 2.45) is 0 Å². The summed E-state index contributed by atoms with van der Waals surface area (Å²) in [6, 6.07) is 5.19. The SMILES string of the molecule is CCOCC(NC)c1ccc(C)cc1F. The molecule has 1 unspecified atom stereocenters. The molecule has 0 saturated carbocycles. The van der Waals surface area contributed by atoms with E-state index in [1.165, 1.54) is 0 Å². The van der Waals surface area contributed by atoms with Crippen molar-refractivity contribution >= 4 is 0 Å². The summed E-state index contributed by atoms with van der Waals surface area (Å²) in [6.45, 7) is 4.95. The molecule has 0 aliphatic carbocycles. The van der Waals surface area contributed by atoms with E-state index in [0.29, 0.717) is 18.8 Å². The Morgan fingerprint density at radius 1 is 1.47 bits per heavy atom. The Morgan fingerprint density at radius 3 is 2.73 bits per heavy atom. The van der Waals surface area contributed by atoms with Crippen LogP contribution in [-0.4, -0.2) is 20.3 Å². The Labute approximate surface area is 90.4 Å². The third-order valence-corrected chi connectivity index (χ3v) is 2.37. The molecule has 0 bridgehead atoms. The van der Waals surface area contributed by atoms with Gasteiger partial charge in [-0.25, -0.2) is 4.39 Å². The molecule has 0 radical (unpaired) electrons. The molecule has 3 heteroatoms. The van der Waals surface area contributed by atoms with E-state index < -0.39 is 0 Å². The highest BCUT2D eigenvalue weighted by Crippen LogP contribution is 2.18. The summed E-state index contributed by atoms with van der Waals surface area (Å²) in [5, 5.41) is 3.05. The van der Waals surface area contributed by atoms with E-state index in [4.69, 9.17) is 4.74 Å². The Morgan fingerprint density at radius 2 is 2.20 bits per heavy atom. The first kappa shape index (κ1) is 12.1. The molecule has 84 valence electrons. The zero-order valence-electron chi connectivity index (χ0n) is 9.51. The molecule has 1 N–H and O–H groups in total. The molecule has 0 spiro atoms. The predicted molar refractivity (Wildman–Crippen MR) is 59.4 cm³/mol. The zero-order valence-corrected chi connectivity index (χ0v) is 9.51. The Balaban J connectivity index is 2.81. The first-order valence-electron chi connectivity index (χ1n) is 5.20. The summed E-state index contributed by atoms with van der Waals surface area (Å²) in [5.41, 5.74) is 1.60. The van der Waals surface area contributed by atoms with Crippen molar-refractivity contribution in [1.29, 1.82) is 0 Å². The largest absolute Gasteiger partial charge is 0.380 e. The lowest BCUT2D eigenvalue weighted by molar-refractivity contribution is 0.124. The van der Waals surface area contributed by atoms with Crippen LogP contribution in [0.5, 0.6) is 0 Å². The highest BCUT2D eigenvalue weighted by atomic mass is 19.1. The topological polar surface area (TPSA) is 21.3 Å². The van der Waals surface area contributed by atoms with Crippen LogP contribution in [0.15, 0.2) is 18.2 Å². The fourth-order valence-corrected chi connectivity index (χ4v) is 1.48. The van der Waals surface area contributed by atoms with Gasteiger partial charge in [0.2, 0.25) is 0 Å². The Hall–Kier alpha value is -0.930. The highest BCUT2D eigenvalue weighted by molar-refractivity contribution is 5.26. The molecule has 0 heterocycles. The van der Waals surface area contributed by atoms with Crippen molar-refractivity contribution in [2.45, 2.75) is 19.9 Å². The minimum atomic E-state index is -0.172. The molecule has 2 nitrogen and oxygen atoms in total. The minimum Gasteiger partial charge on any atom is -0.380 e. The fourth-order valence-electron chi connectivity index (χ4n) is 1.48. The second-order valence-corrected chi connectivity index (χ2v) is 3.53. The minimum absolute atomic E-state index is 0.0782. The molecule has 0 aromatic heterocycles. The number of hydrogen-bond donors (Lipinski definition) is 1. The molecule has 1 aromatic carbocycles. The summed E-state index contributed by atoms with van der Waals surface area (Å²) >= 11 is 0. The first-order chi connectivity index (χ1) is 7.19. The molecule has 1 aromatic rings. The van der Waals surface area contributed by atoms with Gasteiger partial charge in [0.1, 0.15) is 5.82 Å². The molecular formula is C12H18FNO. The van der Waals surface area contributed by atoms with Crippen LogP contribution in [0.4, 0.5) is 4.39 Å². The number of aryl methyl sites for hydroxylation is 1. The third kappa shape index (κ3) is 3.29. The van der Waals surface area contributed by atoms with Gasteiger partial charge in [-0.15, -0.1) is 0 Å². The van der Waals surface area contributed by atoms with Crippen LogP contribution in [0.3, 0.4) is 0 Å². The molecule has 0 aliphatic rings. The number of likely N-dealkylation sites (N-methyl/N-ethyl adjacent to an activating group) is 1. The number of ether oxygens (including phenoxy) is 1. The molecule has 1 atom stereocenters. The van der Waals surface area contributed by atoms with Gasteiger partial charge in [-0.3, -0.25) is 0 Å². The monoisotopic (exact) mass is 211 g/mol. The van der Waals surface area contributed by atoms with Gasteiger partial charge in [-0.2, -0.15) is 0 Å². The third-order valence-electron chi connectivity index (χ3n) is 2.37. The number of rotatable bonds is 5. The smallest absolute Gasteiger partial charge is 0.128 e. The van der Waals surface area contributed by atoms with Gasteiger partial charge in [0, 0.05) is 12.2 Å². The summed E-state index contributed by atoms with van der Waals surface area (Å²) in [5.74, 6) is -0.172. The van der Waals surface area contributed by atoms with Crippen molar-refractivity contribution in [3.05, 3.63) is 35.1 Å². The summed E-state index contributed by atoms with van der Waals surface area (Å²) in [6.07, 6.45) is 0. The van der Waals surface area contributed by atoms with Gasteiger partial charge in [0.15, 0.2) is 0 Å². The average molecular weight is 211 g/mol. The standard InChI is InChI=1S/C12H18FNO/c1-4-15-8-12(14-3)10-6-5-9(2)7-11(10)13/h5-7,12,14H,4,8H2,1-3H3. The Kier molecular flexibility index (Phi) is 4.72. The van der Waals surface area contributed by atoms with E-state index >= 15 is 0 Å². The molecule has 1 rings (SSSR count). The maximum Gasteiger partial charge on any atom is 0.128 e. The lowest BCUT2D eigenvalue weighted by Crippen LogP contribution is -2.22. The number of nitrogens with one attached hydrogen (secondary N) is 1. The summed E-state index contributed by atoms with van der Waals surface area (Å²) in [4.78, 5) is 0. The first-order valence-corrected chi connectivity index (χ1v) is 5.20. The zero-order chi connectivity index (χ0) is 11.3. The van der Waals surface area contributed by atoms with Crippen molar-refractivity contribution in [1.82, 2.24) is 5.32 Å². The average Bonchev–Trinajstić information content (AvgIpc) is 2.21. The molecular weight excluding hydrogens is 193 g/mol. The quantitative estimate of drug-likeness (QED) is 0.807. The van der Waals surface area contributed by atoms with Gasteiger partial charge in [-0.1, -0.05) is 12.1 Å². The second kappa shape index (κ2) is 5.83. The normalized spacial score (nSPS) is 12.8. The van der Waals surface area contributed by atoms with E-state index in [-0.39, 0.29) is 11.9 Å². The number of benzene rings is 1. The van der Waals surface area contributed by atoms with Crippen molar-refractivity contribution in [3.8, 4) is 0 Å². The van der Waals surface area contributed by atoms with Gasteiger partial charge < -0.3 is 10.1 Å². The lowest BCUT2D eigenvalue weighted by atomic mass is 10.1. The fraction of sp³-hybridized carbons (Fsp3) is 0.500. The lowest BCUT2D eigenvalue weighted by Gasteiger charge is -2.17. The van der Waals surface area contributed by atoms with Gasteiger partial charge in [-0.05, 0) is 32.5 Å². The van der Waals surface area contributed by atoms with Crippen LogP contribution < -0.4 is 5.32 Å². The molecule has 0 amide bonds. The van der Waals surface area contributed by atoms with Crippen LogP contribution in [0.2, 0.25) is 0 Å². The van der Waals surface area contributed by atoms with E-state index in [2.05, 4.69) is 5.32 Å². The van der Waals surface area contributed by atoms with Crippen molar-refractivity contribution in [3.63, 3.8) is 0 Å². The molecule has 0 fully saturated rings. The predicted octanol–water partition coefficient (Wildman–Crippen LogP) is 2.43. The summed E-state index contributed by atoms with van der Waals surface area (Å²) in [7, 11) is 1.81. The van der Waals surface area contributed by atoms with Crippen LogP contribution in [0.1, 0.15) is 24.1 Å². The number of halogens is 1. The second-order valence-electron chi connectivity index (χ2n) is 3.53. The van der Waals surface area contributed by atoms with E-state index in [1.807, 2.05) is 33.0 Å². The van der Waals surface area contributed by atoms with E-state index in [0.717, 1.165) is 5.56 Å². The van der Waals surface area contributed by atoms with Gasteiger partial charge in [0.05, 0.1) is 12.6 Å². The Bertz CT molecular complexity index is 314. The van der Waals surface area contributed by atoms with Gasteiger partial charge in [0.25, 0.3) is 0 Å². The van der Waals surface area contributed by atoms with E-state index in [1.54, 1.807) is 6.07 Å². The van der Waals surface area contributed by atoms with Crippen molar-refractivity contribution < 1.29 is 9.13 Å². The van der Waals surface area contributed by atoms with Crippen LogP contribution in [0.25, 0.3) is 0 Å². The molecule has 0 saturated heterocycles. The molecule has 15 heavy (non-hydrogen) atoms. The van der Waals surface area contributed by atoms with Crippen molar-refractivity contribution in [2.75, 3.05) is 20.3 Å². The van der Waals surface area contributed by atoms with Crippen LogP contribution in [0, 0.1) is 12.7 Å². The number of hydrogen-bond acceptors (Lipinski definition) is 2. The van der Waals surface area contributed by atoms with Crippen LogP contribution in [-0.2, 0) is 4.74 Å². The summed E-state index contributed by atoms with van der Waals surface area (Å²) < 4.78 is 18.9. The molecule has 0 aliphatic heterocycles. The maximum absolute atomic E-state index is 13.6. The van der Waals surface area contributed by atoms with Crippen LogP contribution >= 0.6 is 0 Å².